The average molecular weight is 282 g/mol. The van der Waals surface area contributed by atoms with Crippen LogP contribution in [0.1, 0.15) is 57.4 Å². The summed E-state index contributed by atoms with van der Waals surface area (Å²) in [6.07, 6.45) is 5.75. The first-order chi connectivity index (χ1) is 8.94. The van der Waals surface area contributed by atoms with Crippen LogP contribution in [0.4, 0.5) is 4.79 Å². The van der Waals surface area contributed by atoms with Crippen LogP contribution in [-0.4, -0.2) is 22.7 Å². The Kier molecular flexibility index (Phi) is 4.45. The number of thiazole rings is 1. The highest BCUT2D eigenvalue weighted by Crippen LogP contribution is 2.33. The molecule has 1 aliphatic carbocycles. The highest BCUT2D eigenvalue weighted by molar-refractivity contribution is 7.09. The first-order valence-electron chi connectivity index (χ1n) is 6.83. The van der Waals surface area contributed by atoms with Gasteiger partial charge >= 0.3 is 6.09 Å². The van der Waals surface area contributed by atoms with Gasteiger partial charge in [0.1, 0.15) is 5.60 Å². The molecule has 19 heavy (non-hydrogen) atoms. The number of carbonyl (C=O) groups is 1. The maximum atomic E-state index is 11.7. The molecule has 0 unspecified atom stereocenters. The number of aromatic nitrogens is 1. The van der Waals surface area contributed by atoms with E-state index >= 15 is 0 Å². The molecule has 1 heterocycles. The lowest BCUT2D eigenvalue weighted by atomic mass is 9.86. The summed E-state index contributed by atoms with van der Waals surface area (Å²) in [6, 6.07) is 0.242. The average Bonchev–Trinajstić information content (AvgIpc) is 2.80. The summed E-state index contributed by atoms with van der Waals surface area (Å²) >= 11 is 1.73. The number of alkyl carbamates (subject to hydrolysis) is 1. The van der Waals surface area contributed by atoms with Crippen molar-refractivity contribution in [2.75, 3.05) is 0 Å². The molecule has 0 bridgehead atoms. The van der Waals surface area contributed by atoms with Crippen LogP contribution in [0.3, 0.4) is 0 Å². The van der Waals surface area contributed by atoms with Gasteiger partial charge in [-0.25, -0.2) is 9.78 Å². The molecule has 1 saturated carbocycles. The zero-order valence-electron chi connectivity index (χ0n) is 11.8. The van der Waals surface area contributed by atoms with Crippen molar-refractivity contribution in [3.05, 3.63) is 16.6 Å². The summed E-state index contributed by atoms with van der Waals surface area (Å²) in [5.74, 6) is 0.566. The lowest BCUT2D eigenvalue weighted by molar-refractivity contribution is 0.0491. The van der Waals surface area contributed by atoms with Crippen molar-refractivity contribution in [2.45, 2.75) is 64.0 Å². The molecule has 1 aromatic heterocycles. The molecule has 5 heteroatoms. The van der Waals surface area contributed by atoms with E-state index in [-0.39, 0.29) is 12.1 Å². The van der Waals surface area contributed by atoms with E-state index < -0.39 is 5.60 Å². The van der Waals surface area contributed by atoms with Gasteiger partial charge in [-0.05, 0) is 46.5 Å². The quantitative estimate of drug-likeness (QED) is 0.900. The van der Waals surface area contributed by atoms with Crippen LogP contribution in [0.25, 0.3) is 0 Å². The van der Waals surface area contributed by atoms with Gasteiger partial charge in [-0.1, -0.05) is 0 Å². The fourth-order valence-electron chi connectivity index (χ4n) is 2.40. The molecule has 1 amide bonds. The minimum atomic E-state index is -0.428. The van der Waals surface area contributed by atoms with Crippen LogP contribution >= 0.6 is 11.3 Å². The molecule has 0 saturated heterocycles. The molecule has 0 spiro atoms. The summed E-state index contributed by atoms with van der Waals surface area (Å²) in [6.45, 7) is 5.64. The van der Waals surface area contributed by atoms with E-state index in [1.165, 1.54) is 5.01 Å². The van der Waals surface area contributed by atoms with Crippen LogP contribution in [0.5, 0.6) is 0 Å². The van der Waals surface area contributed by atoms with Gasteiger partial charge in [0, 0.05) is 23.5 Å². The molecule has 1 aromatic rings. The van der Waals surface area contributed by atoms with Crippen molar-refractivity contribution in [3.8, 4) is 0 Å². The lowest BCUT2D eigenvalue weighted by Gasteiger charge is -2.29. The number of nitrogens with one attached hydrogen (secondary N) is 1. The number of carbonyl (C=O) groups excluding carboxylic acids is 1. The minimum Gasteiger partial charge on any atom is -0.444 e. The summed E-state index contributed by atoms with van der Waals surface area (Å²) < 4.78 is 5.28. The Bertz CT molecular complexity index is 404. The largest absolute Gasteiger partial charge is 0.444 e. The molecule has 4 nitrogen and oxygen atoms in total. The van der Waals surface area contributed by atoms with E-state index in [9.17, 15) is 4.79 Å². The van der Waals surface area contributed by atoms with Crippen molar-refractivity contribution < 1.29 is 9.53 Å². The second-order valence-corrected chi connectivity index (χ2v) is 6.99. The Balaban J connectivity index is 1.76. The zero-order valence-corrected chi connectivity index (χ0v) is 12.6. The fourth-order valence-corrected chi connectivity index (χ4v) is 3.21. The first-order valence-corrected chi connectivity index (χ1v) is 7.71. The summed E-state index contributed by atoms with van der Waals surface area (Å²) in [5.41, 5.74) is -0.428. The highest BCUT2D eigenvalue weighted by atomic mass is 32.1. The van der Waals surface area contributed by atoms with Gasteiger partial charge in [0.25, 0.3) is 0 Å². The Labute approximate surface area is 118 Å². The third-order valence-electron chi connectivity index (χ3n) is 3.25. The predicted molar refractivity (Wildman–Crippen MR) is 76.5 cm³/mol. The number of rotatable bonds is 2. The lowest BCUT2D eigenvalue weighted by Crippen LogP contribution is -2.40. The topological polar surface area (TPSA) is 51.2 Å². The summed E-state index contributed by atoms with van der Waals surface area (Å²) in [7, 11) is 0. The summed E-state index contributed by atoms with van der Waals surface area (Å²) in [5, 5.41) is 6.22. The van der Waals surface area contributed by atoms with Crippen LogP contribution < -0.4 is 5.32 Å². The molecule has 0 atom stereocenters. The second kappa shape index (κ2) is 5.90. The smallest absolute Gasteiger partial charge is 0.407 e. The molecule has 0 aliphatic heterocycles. The van der Waals surface area contributed by atoms with Crippen molar-refractivity contribution >= 4 is 17.4 Å². The van der Waals surface area contributed by atoms with E-state index in [0.29, 0.717) is 5.92 Å². The fraction of sp³-hybridized carbons (Fsp3) is 0.714. The van der Waals surface area contributed by atoms with E-state index in [1.807, 2.05) is 32.3 Å². The van der Waals surface area contributed by atoms with Gasteiger partial charge in [0.2, 0.25) is 0 Å². The van der Waals surface area contributed by atoms with E-state index in [1.54, 1.807) is 11.3 Å². The van der Waals surface area contributed by atoms with E-state index in [4.69, 9.17) is 4.74 Å². The Morgan fingerprint density at radius 2 is 2.05 bits per heavy atom. The number of ether oxygens (including phenoxy) is 1. The third-order valence-corrected chi connectivity index (χ3v) is 4.19. The molecule has 1 fully saturated rings. The number of hydrogen-bond acceptors (Lipinski definition) is 4. The molecular weight excluding hydrogens is 260 g/mol. The van der Waals surface area contributed by atoms with Gasteiger partial charge in [-0.15, -0.1) is 11.3 Å². The molecule has 1 aliphatic rings. The van der Waals surface area contributed by atoms with Gasteiger partial charge in [0.05, 0.1) is 5.01 Å². The normalized spacial score (nSPS) is 23.9. The number of hydrogen-bond donors (Lipinski definition) is 1. The molecule has 1 N–H and O–H groups in total. The maximum Gasteiger partial charge on any atom is 0.407 e. The monoisotopic (exact) mass is 282 g/mol. The molecule has 0 radical (unpaired) electrons. The van der Waals surface area contributed by atoms with Crippen LogP contribution in [0, 0.1) is 0 Å². The molecule has 2 rings (SSSR count). The first kappa shape index (κ1) is 14.3. The van der Waals surface area contributed by atoms with Crippen LogP contribution in [-0.2, 0) is 4.74 Å². The van der Waals surface area contributed by atoms with E-state index in [2.05, 4.69) is 10.3 Å². The maximum absolute atomic E-state index is 11.7. The molecular formula is C14H22N2O2S. The number of amides is 1. The summed E-state index contributed by atoms with van der Waals surface area (Å²) in [4.78, 5) is 16.1. The zero-order chi connectivity index (χ0) is 13.9. The van der Waals surface area contributed by atoms with Crippen molar-refractivity contribution in [3.63, 3.8) is 0 Å². The van der Waals surface area contributed by atoms with Crippen molar-refractivity contribution in [1.29, 1.82) is 0 Å². The van der Waals surface area contributed by atoms with Crippen LogP contribution in [0.15, 0.2) is 11.6 Å². The highest BCUT2D eigenvalue weighted by Gasteiger charge is 2.26. The van der Waals surface area contributed by atoms with Gasteiger partial charge < -0.3 is 10.1 Å². The minimum absolute atomic E-state index is 0.242. The van der Waals surface area contributed by atoms with Gasteiger partial charge in [-0.2, -0.15) is 0 Å². The van der Waals surface area contributed by atoms with Crippen LogP contribution in [0.2, 0.25) is 0 Å². The van der Waals surface area contributed by atoms with Crippen molar-refractivity contribution in [2.24, 2.45) is 0 Å². The van der Waals surface area contributed by atoms with Gasteiger partial charge in [0.15, 0.2) is 0 Å². The second-order valence-electron chi connectivity index (χ2n) is 6.07. The SMILES string of the molecule is CC(C)(C)OC(=O)N[C@H]1CC[C@H](c2nccs2)CC1. The molecule has 106 valence electrons. The van der Waals surface area contributed by atoms with Crippen molar-refractivity contribution in [1.82, 2.24) is 10.3 Å². The predicted octanol–water partition coefficient (Wildman–Crippen LogP) is 3.69. The van der Waals surface area contributed by atoms with E-state index in [0.717, 1.165) is 25.7 Å². The van der Waals surface area contributed by atoms with Gasteiger partial charge in [-0.3, -0.25) is 0 Å². The Morgan fingerprint density at radius 1 is 1.37 bits per heavy atom. The standard InChI is InChI=1S/C14H22N2O2S/c1-14(2,3)18-13(17)16-11-6-4-10(5-7-11)12-15-8-9-19-12/h8-11H,4-7H2,1-3H3,(H,16,17)/t10-,11-. The number of nitrogens with zero attached hydrogens (tertiary/aromatic N) is 1. The Morgan fingerprint density at radius 3 is 2.58 bits per heavy atom. The Hall–Kier alpha value is -1.10. The third kappa shape index (κ3) is 4.49. The molecule has 0 aromatic carbocycles.